The molecule has 1 amide bonds. The highest BCUT2D eigenvalue weighted by molar-refractivity contribution is 6.33. The molecule has 2 aromatic rings. The number of hydrogen-bond donors (Lipinski definition) is 1. The van der Waals surface area contributed by atoms with E-state index in [0.29, 0.717) is 29.6 Å². The summed E-state index contributed by atoms with van der Waals surface area (Å²) >= 11 is 6.17. The Labute approximate surface area is 134 Å². The maximum atomic E-state index is 12.7. The van der Waals surface area contributed by atoms with Crippen LogP contribution in [0.5, 0.6) is 0 Å². The molecule has 3 rings (SSSR count). The highest BCUT2D eigenvalue weighted by Gasteiger charge is 2.29. The lowest BCUT2D eigenvalue weighted by atomic mass is 10.1. The molecule has 1 aromatic heterocycles. The fourth-order valence-electron chi connectivity index (χ4n) is 2.58. The van der Waals surface area contributed by atoms with Crippen molar-refractivity contribution in [1.29, 1.82) is 0 Å². The van der Waals surface area contributed by atoms with Crippen LogP contribution in [0.2, 0.25) is 5.02 Å². The minimum Gasteiger partial charge on any atom is -0.375 e. The van der Waals surface area contributed by atoms with Crippen molar-refractivity contribution in [3.63, 3.8) is 0 Å². The molecule has 1 N–H and O–H groups in total. The molecule has 5 nitrogen and oxygen atoms in total. The molecule has 1 aromatic carbocycles. The molecule has 6 heteroatoms. The largest absolute Gasteiger partial charge is 0.375 e. The van der Waals surface area contributed by atoms with Gasteiger partial charge in [0.1, 0.15) is 5.69 Å². The topological polar surface area (TPSA) is 58.2 Å². The van der Waals surface area contributed by atoms with E-state index in [1.165, 1.54) is 0 Å². The summed E-state index contributed by atoms with van der Waals surface area (Å²) < 4.78 is 5.56. The summed E-state index contributed by atoms with van der Waals surface area (Å²) in [5.74, 6) is -0.0616. The zero-order valence-corrected chi connectivity index (χ0v) is 13.3. The molecule has 0 radical (unpaired) electrons. The van der Waals surface area contributed by atoms with Crippen LogP contribution in [0.15, 0.2) is 30.3 Å². The smallest absolute Gasteiger partial charge is 0.272 e. The number of carbonyl (C=O) groups is 1. The number of ether oxygens (including phenoxy) is 1. The van der Waals surface area contributed by atoms with Gasteiger partial charge in [0.25, 0.3) is 5.91 Å². The molecular weight excluding hydrogens is 302 g/mol. The van der Waals surface area contributed by atoms with E-state index in [-0.39, 0.29) is 18.1 Å². The van der Waals surface area contributed by atoms with E-state index in [1.54, 1.807) is 12.1 Å². The number of aromatic amines is 1. The molecule has 0 unspecified atom stereocenters. The van der Waals surface area contributed by atoms with Gasteiger partial charge in [-0.25, -0.2) is 0 Å². The van der Waals surface area contributed by atoms with Crippen molar-refractivity contribution >= 4 is 17.5 Å². The van der Waals surface area contributed by atoms with Crippen molar-refractivity contribution in [2.24, 2.45) is 0 Å². The standard InChI is InChI=1S/C16H18ClN3O2/c1-10-9-22-11(2)8-20(10)16(21)15-7-14(18-19-15)12-5-3-4-6-13(12)17/h3-7,10-11H,8-9H2,1-2H3,(H,18,19)/t10-,11-/m1/s1. The maximum Gasteiger partial charge on any atom is 0.272 e. The summed E-state index contributed by atoms with van der Waals surface area (Å²) in [7, 11) is 0. The lowest BCUT2D eigenvalue weighted by Crippen LogP contribution is -2.50. The summed E-state index contributed by atoms with van der Waals surface area (Å²) in [5.41, 5.74) is 1.95. The first-order valence-corrected chi connectivity index (χ1v) is 7.67. The van der Waals surface area contributed by atoms with Crippen LogP contribution in [0.1, 0.15) is 24.3 Å². The number of benzene rings is 1. The molecule has 0 bridgehead atoms. The molecule has 1 fully saturated rings. The fraction of sp³-hybridized carbons (Fsp3) is 0.375. The predicted molar refractivity (Wildman–Crippen MR) is 84.9 cm³/mol. The van der Waals surface area contributed by atoms with Gasteiger partial charge >= 0.3 is 0 Å². The first-order valence-electron chi connectivity index (χ1n) is 7.29. The summed E-state index contributed by atoms with van der Waals surface area (Å²) in [6.45, 7) is 5.09. The molecule has 22 heavy (non-hydrogen) atoms. The Morgan fingerprint density at radius 2 is 2.18 bits per heavy atom. The number of aromatic nitrogens is 2. The summed E-state index contributed by atoms with van der Waals surface area (Å²) in [6.07, 6.45) is 0.0473. The van der Waals surface area contributed by atoms with Gasteiger partial charge in [-0.3, -0.25) is 9.89 Å². The third kappa shape index (κ3) is 2.87. The van der Waals surface area contributed by atoms with E-state index in [2.05, 4.69) is 10.2 Å². The van der Waals surface area contributed by atoms with Gasteiger partial charge < -0.3 is 9.64 Å². The van der Waals surface area contributed by atoms with Gasteiger partial charge in [-0.15, -0.1) is 0 Å². The number of carbonyl (C=O) groups excluding carboxylic acids is 1. The van der Waals surface area contributed by atoms with E-state index >= 15 is 0 Å². The van der Waals surface area contributed by atoms with Crippen LogP contribution in [0.4, 0.5) is 0 Å². The fourth-order valence-corrected chi connectivity index (χ4v) is 2.81. The van der Waals surface area contributed by atoms with Gasteiger partial charge in [-0.1, -0.05) is 29.8 Å². The number of nitrogens with one attached hydrogen (secondary N) is 1. The second kappa shape index (κ2) is 6.10. The third-order valence-corrected chi connectivity index (χ3v) is 4.16. The van der Waals surface area contributed by atoms with E-state index in [1.807, 2.05) is 36.9 Å². The number of H-pyrrole nitrogens is 1. The van der Waals surface area contributed by atoms with Crippen molar-refractivity contribution in [1.82, 2.24) is 15.1 Å². The first kappa shape index (κ1) is 15.1. The Hall–Kier alpha value is -1.85. The lowest BCUT2D eigenvalue weighted by molar-refractivity contribution is -0.0389. The van der Waals surface area contributed by atoms with Gasteiger partial charge in [0.2, 0.25) is 0 Å². The highest BCUT2D eigenvalue weighted by atomic mass is 35.5. The van der Waals surface area contributed by atoms with Crippen molar-refractivity contribution < 1.29 is 9.53 Å². The van der Waals surface area contributed by atoms with Crippen molar-refractivity contribution in [3.05, 3.63) is 41.0 Å². The summed E-state index contributed by atoms with van der Waals surface area (Å²) in [6, 6.07) is 9.24. The summed E-state index contributed by atoms with van der Waals surface area (Å²) in [4.78, 5) is 14.5. The number of morpholine rings is 1. The Bertz CT molecular complexity index is 686. The van der Waals surface area contributed by atoms with Crippen LogP contribution in [0.25, 0.3) is 11.3 Å². The molecule has 2 heterocycles. The summed E-state index contributed by atoms with van der Waals surface area (Å²) in [5, 5.41) is 7.65. The molecule has 0 saturated carbocycles. The average molecular weight is 320 g/mol. The number of halogens is 1. The number of hydrogen-bond acceptors (Lipinski definition) is 3. The van der Waals surface area contributed by atoms with E-state index < -0.39 is 0 Å². The third-order valence-electron chi connectivity index (χ3n) is 3.83. The number of rotatable bonds is 2. The monoisotopic (exact) mass is 319 g/mol. The van der Waals surface area contributed by atoms with E-state index in [4.69, 9.17) is 16.3 Å². The average Bonchev–Trinajstić information content (AvgIpc) is 2.99. The van der Waals surface area contributed by atoms with Crippen molar-refractivity contribution in [3.8, 4) is 11.3 Å². The van der Waals surface area contributed by atoms with Gasteiger partial charge in [0, 0.05) is 12.1 Å². The Balaban J connectivity index is 1.84. The van der Waals surface area contributed by atoms with Gasteiger partial charge in [-0.05, 0) is 26.0 Å². The molecule has 116 valence electrons. The van der Waals surface area contributed by atoms with E-state index in [0.717, 1.165) is 5.56 Å². The van der Waals surface area contributed by atoms with Crippen LogP contribution < -0.4 is 0 Å². The molecule has 1 aliphatic rings. The zero-order valence-electron chi connectivity index (χ0n) is 12.5. The van der Waals surface area contributed by atoms with Gasteiger partial charge in [0.15, 0.2) is 0 Å². The van der Waals surface area contributed by atoms with Crippen LogP contribution in [-0.4, -0.2) is 46.3 Å². The van der Waals surface area contributed by atoms with Crippen molar-refractivity contribution in [2.45, 2.75) is 26.0 Å². The molecule has 0 spiro atoms. The molecule has 2 atom stereocenters. The van der Waals surface area contributed by atoms with Crippen LogP contribution in [0.3, 0.4) is 0 Å². The second-order valence-corrected chi connectivity index (χ2v) is 6.00. The number of nitrogens with zero attached hydrogens (tertiary/aromatic N) is 2. The normalized spacial score (nSPS) is 21.9. The Kier molecular flexibility index (Phi) is 4.18. The first-order chi connectivity index (χ1) is 10.6. The van der Waals surface area contributed by atoms with Gasteiger partial charge in [0.05, 0.1) is 29.5 Å². The predicted octanol–water partition coefficient (Wildman–Crippen LogP) is 2.98. The maximum absolute atomic E-state index is 12.7. The molecular formula is C16H18ClN3O2. The Morgan fingerprint density at radius 3 is 2.95 bits per heavy atom. The van der Waals surface area contributed by atoms with E-state index in [9.17, 15) is 4.79 Å². The molecule has 0 aliphatic carbocycles. The van der Waals surface area contributed by atoms with Crippen LogP contribution >= 0.6 is 11.6 Å². The number of amides is 1. The van der Waals surface area contributed by atoms with Gasteiger partial charge in [-0.2, -0.15) is 5.10 Å². The second-order valence-electron chi connectivity index (χ2n) is 5.60. The molecule has 1 aliphatic heterocycles. The lowest BCUT2D eigenvalue weighted by Gasteiger charge is -2.36. The van der Waals surface area contributed by atoms with Crippen molar-refractivity contribution in [2.75, 3.05) is 13.2 Å². The van der Waals surface area contributed by atoms with Crippen LogP contribution in [0, 0.1) is 0 Å². The quantitative estimate of drug-likeness (QED) is 0.925. The minimum atomic E-state index is -0.0616. The highest BCUT2D eigenvalue weighted by Crippen LogP contribution is 2.26. The van der Waals surface area contributed by atoms with Crippen LogP contribution in [-0.2, 0) is 4.74 Å². The zero-order chi connectivity index (χ0) is 15.7. The minimum absolute atomic E-state index is 0.0473. The Morgan fingerprint density at radius 1 is 1.41 bits per heavy atom. The molecule has 1 saturated heterocycles. The SMILES string of the molecule is C[C@@H]1CN(C(=O)c2cc(-c3ccccc3Cl)n[nH]2)[C@H](C)CO1.